The van der Waals surface area contributed by atoms with Gasteiger partial charge in [0.25, 0.3) is 5.91 Å². The van der Waals surface area contributed by atoms with Crippen LogP contribution in [0.4, 0.5) is 18.9 Å². The van der Waals surface area contributed by atoms with Gasteiger partial charge in [-0.15, -0.1) is 0 Å². The van der Waals surface area contributed by atoms with Gasteiger partial charge in [0.2, 0.25) is 5.91 Å². The minimum Gasteiger partial charge on any atom is -0.394 e. The average Bonchev–Trinajstić information content (AvgIpc) is 3.47. The molecule has 46 heavy (non-hydrogen) atoms. The van der Waals surface area contributed by atoms with Gasteiger partial charge >= 0.3 is 6.18 Å². The first-order chi connectivity index (χ1) is 21.9. The van der Waals surface area contributed by atoms with Gasteiger partial charge in [-0.2, -0.15) is 13.2 Å². The Hall–Kier alpha value is -3.90. The smallest absolute Gasteiger partial charge is 0.394 e. The molecular formula is C34H38F3N3O5S. The van der Waals surface area contributed by atoms with Crippen LogP contribution < -0.4 is 10.2 Å². The SMILES string of the molecule is CCS(=O)(=O)c1ccc([C@H](CO)NC(=O)c2ccc(N3CC(c4ccc(C(F)(F)F)cc4)CC[C@H]3CN3CCCC3=O)cc2)cc1. The molecule has 2 aliphatic rings. The van der Waals surface area contributed by atoms with Crippen LogP contribution in [0.5, 0.6) is 0 Å². The van der Waals surface area contributed by atoms with Crippen LogP contribution in [0.25, 0.3) is 0 Å². The van der Waals surface area contributed by atoms with E-state index in [0.717, 1.165) is 42.6 Å². The van der Waals surface area contributed by atoms with Gasteiger partial charge in [0.15, 0.2) is 9.84 Å². The predicted octanol–water partition coefficient (Wildman–Crippen LogP) is 5.34. The van der Waals surface area contributed by atoms with E-state index < -0.39 is 33.5 Å². The lowest BCUT2D eigenvalue weighted by Crippen LogP contribution is -2.49. The van der Waals surface area contributed by atoms with E-state index in [4.69, 9.17) is 0 Å². The fourth-order valence-corrected chi connectivity index (χ4v) is 7.14. The Labute approximate surface area is 267 Å². The lowest BCUT2D eigenvalue weighted by atomic mass is 9.86. The van der Waals surface area contributed by atoms with Gasteiger partial charge in [0, 0.05) is 49.3 Å². The summed E-state index contributed by atoms with van der Waals surface area (Å²) >= 11 is 0. The highest BCUT2D eigenvalue weighted by Crippen LogP contribution is 2.36. The van der Waals surface area contributed by atoms with Gasteiger partial charge in [-0.25, -0.2) is 8.42 Å². The number of anilines is 1. The van der Waals surface area contributed by atoms with E-state index in [1.54, 1.807) is 31.2 Å². The number of nitrogens with one attached hydrogen (secondary N) is 1. The average molecular weight is 658 g/mol. The number of alkyl halides is 3. The molecule has 2 saturated heterocycles. The number of sulfone groups is 1. The quantitative estimate of drug-likeness (QED) is 0.305. The maximum Gasteiger partial charge on any atom is 0.416 e. The van der Waals surface area contributed by atoms with Crippen molar-refractivity contribution >= 4 is 27.3 Å². The van der Waals surface area contributed by atoms with Crippen LogP contribution in [0, 0.1) is 0 Å². The van der Waals surface area contributed by atoms with Crippen LogP contribution in [0.1, 0.15) is 71.6 Å². The van der Waals surface area contributed by atoms with Crippen molar-refractivity contribution < 1.29 is 36.3 Å². The van der Waals surface area contributed by atoms with Crippen LogP contribution >= 0.6 is 0 Å². The summed E-state index contributed by atoms with van der Waals surface area (Å²) < 4.78 is 63.7. The minimum atomic E-state index is -4.40. The largest absolute Gasteiger partial charge is 0.416 e. The molecule has 0 radical (unpaired) electrons. The van der Waals surface area contributed by atoms with Crippen molar-refractivity contribution in [3.05, 3.63) is 95.1 Å². The zero-order chi connectivity index (χ0) is 33.1. The molecule has 3 atom stereocenters. The van der Waals surface area contributed by atoms with E-state index in [9.17, 15) is 36.3 Å². The van der Waals surface area contributed by atoms with Crippen molar-refractivity contribution in [2.75, 3.05) is 36.9 Å². The van der Waals surface area contributed by atoms with Crippen LogP contribution in [-0.4, -0.2) is 68.3 Å². The standard InChI is InChI=1S/C34H38F3N3O5S/c1-2-46(44,45)30-17-10-24(11-18-30)31(22-41)38-33(43)25-7-14-28(15-8-25)40-20-26(23-5-12-27(13-6-23)34(35,36)37)9-16-29(40)21-39-19-3-4-32(39)42/h5-8,10-15,17-18,26,29,31,41H,2-4,9,16,19-22H2,1H3,(H,38,43)/t26?,29-,31-/m0/s1. The van der Waals surface area contributed by atoms with Crippen LogP contribution in [0.3, 0.4) is 0 Å². The Balaban J connectivity index is 1.32. The molecule has 5 rings (SSSR count). The number of aliphatic hydroxyl groups is 1. The zero-order valence-corrected chi connectivity index (χ0v) is 26.4. The van der Waals surface area contributed by atoms with Gasteiger partial charge in [-0.1, -0.05) is 31.2 Å². The second-order valence-electron chi connectivity index (χ2n) is 11.9. The van der Waals surface area contributed by atoms with E-state index in [1.807, 2.05) is 17.0 Å². The number of carbonyl (C=O) groups is 2. The molecule has 0 bridgehead atoms. The highest BCUT2D eigenvalue weighted by molar-refractivity contribution is 7.91. The van der Waals surface area contributed by atoms with Crippen molar-refractivity contribution in [2.24, 2.45) is 0 Å². The van der Waals surface area contributed by atoms with E-state index >= 15 is 0 Å². The van der Waals surface area contributed by atoms with E-state index in [-0.39, 0.29) is 35.1 Å². The number of aliphatic hydroxyl groups excluding tert-OH is 1. The lowest BCUT2D eigenvalue weighted by molar-refractivity contribution is -0.137. The first kappa shape index (κ1) is 33.5. The molecule has 8 nitrogen and oxygen atoms in total. The third-order valence-corrected chi connectivity index (χ3v) is 10.7. The normalized spacial score (nSPS) is 19.7. The highest BCUT2D eigenvalue weighted by Gasteiger charge is 2.34. The summed E-state index contributed by atoms with van der Waals surface area (Å²) in [5.41, 5.74) is 1.88. The van der Waals surface area contributed by atoms with E-state index in [2.05, 4.69) is 10.2 Å². The number of halogens is 3. The highest BCUT2D eigenvalue weighted by atomic mass is 32.2. The molecule has 2 N–H and O–H groups in total. The molecular weight excluding hydrogens is 619 g/mol. The summed E-state index contributed by atoms with van der Waals surface area (Å²) in [5.74, 6) is -0.347. The predicted molar refractivity (Wildman–Crippen MR) is 168 cm³/mol. The molecule has 0 saturated carbocycles. The first-order valence-electron chi connectivity index (χ1n) is 15.5. The van der Waals surface area contributed by atoms with Crippen molar-refractivity contribution in [2.45, 2.75) is 61.7 Å². The van der Waals surface area contributed by atoms with Gasteiger partial charge in [0.05, 0.1) is 28.9 Å². The summed E-state index contributed by atoms with van der Waals surface area (Å²) in [6, 6.07) is 17.6. The number of hydrogen-bond acceptors (Lipinski definition) is 6. The first-order valence-corrected chi connectivity index (χ1v) is 17.1. The molecule has 0 aliphatic carbocycles. The molecule has 2 amide bonds. The van der Waals surface area contributed by atoms with Crippen molar-refractivity contribution in [3.8, 4) is 0 Å². The fourth-order valence-electron chi connectivity index (χ4n) is 6.26. The summed E-state index contributed by atoms with van der Waals surface area (Å²) in [7, 11) is -3.38. The summed E-state index contributed by atoms with van der Waals surface area (Å²) in [6.45, 7) is 2.97. The number of piperidine rings is 1. The van der Waals surface area contributed by atoms with Crippen LogP contribution in [0.2, 0.25) is 0 Å². The molecule has 2 aliphatic heterocycles. The fraction of sp³-hybridized carbons (Fsp3) is 0.412. The Bertz CT molecular complexity index is 1630. The number of nitrogens with zero attached hydrogens (tertiary/aromatic N) is 2. The second-order valence-corrected chi connectivity index (χ2v) is 14.1. The molecule has 1 unspecified atom stereocenters. The molecule has 12 heteroatoms. The van der Waals surface area contributed by atoms with Crippen LogP contribution in [-0.2, 0) is 20.8 Å². The third-order valence-electron chi connectivity index (χ3n) is 8.99. The molecule has 0 spiro atoms. The van der Waals surface area contributed by atoms with Gasteiger partial charge in [-0.05, 0) is 78.9 Å². The molecule has 2 heterocycles. The van der Waals surface area contributed by atoms with Crippen LogP contribution in [0.15, 0.2) is 77.7 Å². The molecule has 2 fully saturated rings. The van der Waals surface area contributed by atoms with Gasteiger partial charge in [-0.3, -0.25) is 9.59 Å². The molecule has 3 aromatic rings. The van der Waals surface area contributed by atoms with E-state index in [0.29, 0.717) is 37.2 Å². The maximum atomic E-state index is 13.2. The number of benzene rings is 3. The molecule has 246 valence electrons. The van der Waals surface area contributed by atoms with Gasteiger partial charge < -0.3 is 20.2 Å². The number of likely N-dealkylation sites (tertiary alicyclic amines) is 1. The maximum absolute atomic E-state index is 13.2. The number of rotatable bonds is 10. The minimum absolute atomic E-state index is 0.00527. The number of carbonyl (C=O) groups excluding carboxylic acids is 2. The van der Waals surface area contributed by atoms with Crippen molar-refractivity contribution in [1.29, 1.82) is 0 Å². The Morgan fingerprint density at radius 1 is 1.00 bits per heavy atom. The van der Waals surface area contributed by atoms with Crippen molar-refractivity contribution in [3.63, 3.8) is 0 Å². The van der Waals surface area contributed by atoms with E-state index in [1.165, 1.54) is 24.3 Å². The topological polar surface area (TPSA) is 107 Å². The molecule has 3 aromatic carbocycles. The Kier molecular flexibility index (Phi) is 10.1. The second kappa shape index (κ2) is 13.8. The Morgan fingerprint density at radius 2 is 1.67 bits per heavy atom. The summed E-state index contributed by atoms with van der Waals surface area (Å²) in [6.07, 6.45) is -1.54. The summed E-state index contributed by atoms with van der Waals surface area (Å²) in [4.78, 5) is 29.8. The monoisotopic (exact) mass is 657 g/mol. The molecule has 0 aromatic heterocycles. The zero-order valence-electron chi connectivity index (χ0n) is 25.5. The number of amides is 2. The Morgan fingerprint density at radius 3 is 2.24 bits per heavy atom. The van der Waals surface area contributed by atoms with Crippen molar-refractivity contribution in [1.82, 2.24) is 10.2 Å². The van der Waals surface area contributed by atoms with Gasteiger partial charge in [0.1, 0.15) is 0 Å². The lowest BCUT2D eigenvalue weighted by Gasteiger charge is -2.43. The third kappa shape index (κ3) is 7.55. The summed E-state index contributed by atoms with van der Waals surface area (Å²) in [5, 5.41) is 12.8. The number of hydrogen-bond donors (Lipinski definition) is 2.